The zero-order valence-electron chi connectivity index (χ0n) is 14.1. The Morgan fingerprint density at radius 3 is 2.92 bits per heavy atom. The van der Waals surface area contributed by atoms with Crippen LogP contribution in [0.25, 0.3) is 11.0 Å². The summed E-state index contributed by atoms with van der Waals surface area (Å²) in [6.07, 6.45) is 3.70. The first-order valence-electron chi connectivity index (χ1n) is 8.50. The summed E-state index contributed by atoms with van der Waals surface area (Å²) in [5, 5.41) is 0.860. The van der Waals surface area contributed by atoms with Crippen molar-refractivity contribution in [2.75, 3.05) is 6.61 Å². The van der Waals surface area contributed by atoms with Crippen molar-refractivity contribution in [3.8, 4) is 0 Å². The van der Waals surface area contributed by atoms with E-state index < -0.39 is 0 Å². The number of hydrogen-bond donors (Lipinski definition) is 0. The summed E-state index contributed by atoms with van der Waals surface area (Å²) in [6, 6.07) is 5.45. The molecule has 1 aliphatic rings. The molecule has 3 rings (SSSR count). The summed E-state index contributed by atoms with van der Waals surface area (Å²) < 4.78 is 7.16. The molecule has 1 heterocycles. The minimum absolute atomic E-state index is 0.00499. The van der Waals surface area contributed by atoms with Crippen LogP contribution in [-0.2, 0) is 16.1 Å². The Kier molecular flexibility index (Phi) is 5.23. The van der Waals surface area contributed by atoms with Gasteiger partial charge in [-0.05, 0) is 44.9 Å². The van der Waals surface area contributed by atoms with E-state index in [1.807, 2.05) is 6.07 Å². The second kappa shape index (κ2) is 7.38. The summed E-state index contributed by atoms with van der Waals surface area (Å²) in [7, 11) is 0. The van der Waals surface area contributed by atoms with Gasteiger partial charge in [0.2, 0.25) is 0 Å². The predicted molar refractivity (Wildman–Crippen MR) is 94.5 cm³/mol. The van der Waals surface area contributed by atoms with Gasteiger partial charge in [0.1, 0.15) is 5.78 Å². The summed E-state index contributed by atoms with van der Waals surface area (Å²) >= 11 is 1.56. The number of imidazole rings is 1. The van der Waals surface area contributed by atoms with Gasteiger partial charge in [-0.2, -0.15) is 0 Å². The highest BCUT2D eigenvalue weighted by atomic mass is 32.2. The van der Waals surface area contributed by atoms with E-state index in [2.05, 4.69) is 16.5 Å². The van der Waals surface area contributed by atoms with Gasteiger partial charge in [-0.25, -0.2) is 9.78 Å². The lowest BCUT2D eigenvalue weighted by Gasteiger charge is -2.19. The Labute approximate surface area is 145 Å². The molecule has 0 spiro atoms. The number of fused-ring (bicyclic) bond motifs is 1. The molecule has 6 heteroatoms. The van der Waals surface area contributed by atoms with Gasteiger partial charge in [0.25, 0.3) is 0 Å². The van der Waals surface area contributed by atoms with Gasteiger partial charge in [0.15, 0.2) is 5.16 Å². The van der Waals surface area contributed by atoms with Gasteiger partial charge in [-0.1, -0.05) is 18.2 Å². The predicted octanol–water partition coefficient (Wildman–Crippen LogP) is 3.84. The number of aromatic nitrogens is 2. The van der Waals surface area contributed by atoms with Crippen molar-refractivity contribution in [3.63, 3.8) is 0 Å². The number of thioether (sulfide) groups is 1. The zero-order chi connectivity index (χ0) is 17.1. The molecule has 1 atom stereocenters. The van der Waals surface area contributed by atoms with Crippen molar-refractivity contribution >= 4 is 34.5 Å². The first kappa shape index (κ1) is 17.0. The number of Topliss-reactive ketones (excluding diaryl/α,β-unsaturated/α-hetero) is 1. The average Bonchev–Trinajstić information content (AvgIpc) is 2.93. The molecule has 128 valence electrons. The number of aryl methyl sites for hydroxylation is 1. The van der Waals surface area contributed by atoms with Crippen LogP contribution in [0, 0.1) is 0 Å². The number of hydrogen-bond acceptors (Lipinski definition) is 5. The van der Waals surface area contributed by atoms with Crippen LogP contribution in [0.3, 0.4) is 0 Å². The summed E-state index contributed by atoms with van der Waals surface area (Å²) in [4.78, 5) is 28.7. The van der Waals surface area contributed by atoms with E-state index in [4.69, 9.17) is 4.74 Å². The van der Waals surface area contributed by atoms with Crippen molar-refractivity contribution in [3.05, 3.63) is 23.8 Å². The maximum atomic E-state index is 12.1. The van der Waals surface area contributed by atoms with E-state index in [0.717, 1.165) is 42.0 Å². The standard InChI is InChI=1S/C18H22N2O3S/c1-3-20-14-10-9-12(17(22)23-4-2)11-13(14)19-18(20)24-16-8-6-5-7-15(16)21/h9-11,16H,3-8H2,1-2H3/t16-/m0/s1. The number of nitrogens with zero attached hydrogens (tertiary/aromatic N) is 2. The molecule has 1 aromatic heterocycles. The van der Waals surface area contributed by atoms with Gasteiger partial charge < -0.3 is 9.30 Å². The van der Waals surface area contributed by atoms with Gasteiger partial charge in [0, 0.05) is 13.0 Å². The highest BCUT2D eigenvalue weighted by molar-refractivity contribution is 8.00. The molecular formula is C18H22N2O3S. The molecular weight excluding hydrogens is 324 g/mol. The van der Waals surface area contributed by atoms with Crippen molar-refractivity contribution in [2.45, 2.75) is 56.5 Å². The topological polar surface area (TPSA) is 61.2 Å². The van der Waals surface area contributed by atoms with Gasteiger partial charge >= 0.3 is 5.97 Å². The van der Waals surface area contributed by atoms with E-state index in [0.29, 0.717) is 24.4 Å². The second-order valence-corrected chi connectivity index (χ2v) is 7.05. The minimum Gasteiger partial charge on any atom is -0.462 e. The van der Waals surface area contributed by atoms with Crippen molar-refractivity contribution < 1.29 is 14.3 Å². The maximum Gasteiger partial charge on any atom is 0.338 e. The number of carbonyl (C=O) groups is 2. The molecule has 0 saturated heterocycles. The van der Waals surface area contributed by atoms with Gasteiger partial charge in [-0.3, -0.25) is 4.79 Å². The van der Waals surface area contributed by atoms with E-state index in [-0.39, 0.29) is 11.2 Å². The molecule has 24 heavy (non-hydrogen) atoms. The van der Waals surface area contributed by atoms with Gasteiger partial charge in [0.05, 0.1) is 28.5 Å². The van der Waals surface area contributed by atoms with E-state index in [1.165, 1.54) is 0 Å². The largest absolute Gasteiger partial charge is 0.462 e. The summed E-state index contributed by atoms with van der Waals surface area (Å²) in [5.41, 5.74) is 2.26. The monoisotopic (exact) mass is 346 g/mol. The number of esters is 1. The molecule has 0 unspecified atom stereocenters. The molecule has 2 aromatic rings. The fraction of sp³-hybridized carbons (Fsp3) is 0.500. The highest BCUT2D eigenvalue weighted by Gasteiger charge is 2.25. The molecule has 0 amide bonds. The fourth-order valence-corrected chi connectivity index (χ4v) is 4.34. The Hall–Kier alpha value is -1.82. The molecule has 0 bridgehead atoms. The molecule has 1 aliphatic carbocycles. The maximum absolute atomic E-state index is 12.1. The molecule has 0 aliphatic heterocycles. The molecule has 1 aromatic carbocycles. The molecule has 1 saturated carbocycles. The number of ether oxygens (including phenoxy) is 1. The van der Waals surface area contributed by atoms with Gasteiger partial charge in [-0.15, -0.1) is 0 Å². The molecule has 1 fully saturated rings. The van der Waals surface area contributed by atoms with Crippen LogP contribution < -0.4 is 0 Å². The van der Waals surface area contributed by atoms with Crippen LogP contribution in [0.15, 0.2) is 23.4 Å². The Morgan fingerprint density at radius 1 is 1.38 bits per heavy atom. The number of rotatable bonds is 5. The smallest absolute Gasteiger partial charge is 0.338 e. The van der Waals surface area contributed by atoms with E-state index >= 15 is 0 Å². The van der Waals surface area contributed by atoms with E-state index in [1.54, 1.807) is 30.8 Å². The van der Waals surface area contributed by atoms with Crippen LogP contribution in [0.2, 0.25) is 0 Å². The van der Waals surface area contributed by atoms with Crippen LogP contribution in [0.4, 0.5) is 0 Å². The van der Waals surface area contributed by atoms with Crippen molar-refractivity contribution in [1.29, 1.82) is 0 Å². The second-order valence-electron chi connectivity index (χ2n) is 5.88. The molecule has 0 radical (unpaired) electrons. The third kappa shape index (κ3) is 3.34. The van der Waals surface area contributed by atoms with Crippen LogP contribution >= 0.6 is 11.8 Å². The van der Waals surface area contributed by atoms with Crippen LogP contribution in [0.1, 0.15) is 49.9 Å². The normalized spacial score (nSPS) is 18.1. The van der Waals surface area contributed by atoms with Crippen LogP contribution in [-0.4, -0.2) is 33.2 Å². The van der Waals surface area contributed by atoms with Crippen LogP contribution in [0.5, 0.6) is 0 Å². The molecule has 5 nitrogen and oxygen atoms in total. The number of benzene rings is 1. The third-order valence-electron chi connectivity index (χ3n) is 4.29. The average molecular weight is 346 g/mol. The highest BCUT2D eigenvalue weighted by Crippen LogP contribution is 2.33. The van der Waals surface area contributed by atoms with Crippen molar-refractivity contribution in [2.24, 2.45) is 0 Å². The Bertz CT molecular complexity index is 769. The third-order valence-corrected chi connectivity index (χ3v) is 5.59. The Morgan fingerprint density at radius 2 is 2.21 bits per heavy atom. The first-order valence-corrected chi connectivity index (χ1v) is 9.38. The zero-order valence-corrected chi connectivity index (χ0v) is 14.9. The number of ketones is 1. The quantitative estimate of drug-likeness (QED) is 0.770. The summed E-state index contributed by atoms with van der Waals surface area (Å²) in [5.74, 6) is -0.00437. The lowest BCUT2D eigenvalue weighted by Crippen LogP contribution is -2.21. The Balaban J connectivity index is 1.92. The SMILES string of the molecule is CCOC(=O)c1ccc2c(c1)nc(S[C@H]1CCCCC1=O)n2CC. The first-order chi connectivity index (χ1) is 11.6. The summed E-state index contributed by atoms with van der Waals surface area (Å²) in [6.45, 7) is 4.98. The lowest BCUT2D eigenvalue weighted by molar-refractivity contribution is -0.119. The number of carbonyl (C=O) groups excluding carboxylic acids is 2. The molecule has 0 N–H and O–H groups in total. The lowest BCUT2D eigenvalue weighted by atomic mass is 9.99. The fourth-order valence-electron chi connectivity index (χ4n) is 3.05. The van der Waals surface area contributed by atoms with E-state index in [9.17, 15) is 9.59 Å². The van der Waals surface area contributed by atoms with Crippen molar-refractivity contribution in [1.82, 2.24) is 9.55 Å². The minimum atomic E-state index is -0.331.